The molecule has 8 nitrogen and oxygen atoms in total. The molecule has 2 atom stereocenters. The quantitative estimate of drug-likeness (QED) is 0.248. The molecule has 0 aliphatic carbocycles. The molecule has 2 amide bonds. The molecule has 1 spiro atoms. The lowest BCUT2D eigenvalue weighted by atomic mass is 9.95. The Bertz CT molecular complexity index is 867. The lowest BCUT2D eigenvalue weighted by molar-refractivity contribution is -0.145. The number of halogens is 1. The van der Waals surface area contributed by atoms with Crippen molar-refractivity contribution in [2.75, 3.05) is 6.54 Å². The van der Waals surface area contributed by atoms with Crippen LogP contribution in [0.5, 0.6) is 0 Å². The van der Waals surface area contributed by atoms with Crippen LogP contribution in [-0.2, 0) is 14.4 Å². The number of nitrogens with zero attached hydrogens (tertiary/aromatic N) is 1. The Balaban J connectivity index is 2.25. The van der Waals surface area contributed by atoms with Gasteiger partial charge in [0.2, 0.25) is 5.66 Å². The van der Waals surface area contributed by atoms with Gasteiger partial charge in [-0.25, -0.2) is 0 Å². The number of hydrogen-bond acceptors (Lipinski definition) is 6. The fourth-order valence-electron chi connectivity index (χ4n) is 3.01. The molecule has 2 aliphatic heterocycles. The number of β-amino-alcohol motifs (C(OH)–C–C–N with tert-alkyl or cyclic N) is 1. The number of rotatable bonds is 3. The van der Waals surface area contributed by atoms with Gasteiger partial charge in [0.1, 0.15) is 11.3 Å². The third kappa shape index (κ3) is 2.64. The van der Waals surface area contributed by atoms with Gasteiger partial charge in [0.25, 0.3) is 17.6 Å². The van der Waals surface area contributed by atoms with E-state index in [0.29, 0.717) is 5.02 Å². The minimum Gasteiger partial charge on any atom is -0.507 e. The van der Waals surface area contributed by atoms with E-state index in [4.69, 9.17) is 23.8 Å². The van der Waals surface area contributed by atoms with Crippen LogP contribution in [0.3, 0.4) is 0 Å². The topological polar surface area (TPSA) is 119 Å². The van der Waals surface area contributed by atoms with Crippen LogP contribution in [0.15, 0.2) is 29.8 Å². The average Bonchev–Trinajstić information content (AvgIpc) is 2.96. The third-order valence-electron chi connectivity index (χ3n) is 4.08. The summed E-state index contributed by atoms with van der Waals surface area (Å²) >= 11 is 10.8. The van der Waals surface area contributed by atoms with Crippen molar-refractivity contribution in [1.29, 1.82) is 0 Å². The van der Waals surface area contributed by atoms with Crippen molar-refractivity contribution in [3.05, 3.63) is 40.4 Å². The Morgan fingerprint density at radius 1 is 1.31 bits per heavy atom. The second kappa shape index (κ2) is 6.35. The summed E-state index contributed by atoms with van der Waals surface area (Å²) in [5.41, 5.74) is -2.29. The first-order valence-electron chi connectivity index (χ1n) is 7.56. The van der Waals surface area contributed by atoms with Crippen molar-refractivity contribution < 1.29 is 24.6 Å². The number of aliphatic hydroxyl groups is 2. The number of nitrogens with one attached hydrogen (secondary N) is 2. The molecule has 0 aromatic heterocycles. The number of hydrogen-bond donors (Lipinski definition) is 4. The molecule has 136 valence electrons. The van der Waals surface area contributed by atoms with Gasteiger partial charge in [-0.3, -0.25) is 24.6 Å². The second-order valence-electron chi connectivity index (χ2n) is 5.94. The zero-order valence-corrected chi connectivity index (χ0v) is 15.0. The minimum absolute atomic E-state index is 0.102. The first-order chi connectivity index (χ1) is 12.2. The Kier molecular flexibility index (Phi) is 4.47. The van der Waals surface area contributed by atoms with Crippen LogP contribution in [0, 0.1) is 0 Å². The van der Waals surface area contributed by atoms with E-state index in [0.717, 1.165) is 4.90 Å². The van der Waals surface area contributed by atoms with Gasteiger partial charge in [-0.05, 0) is 43.4 Å². The number of thiocarbonyl (C=S) groups is 1. The molecule has 4 N–H and O–H groups in total. The largest absolute Gasteiger partial charge is 0.507 e. The summed E-state index contributed by atoms with van der Waals surface area (Å²) in [6.07, 6.45) is -1.02. The van der Waals surface area contributed by atoms with Crippen molar-refractivity contribution >= 4 is 52.3 Å². The maximum atomic E-state index is 12.6. The number of ketones is 1. The molecule has 10 heteroatoms. The van der Waals surface area contributed by atoms with E-state index in [9.17, 15) is 24.6 Å². The normalized spacial score (nSPS) is 25.6. The van der Waals surface area contributed by atoms with Crippen LogP contribution in [-0.4, -0.2) is 56.1 Å². The summed E-state index contributed by atoms with van der Waals surface area (Å²) in [4.78, 5) is 38.6. The van der Waals surface area contributed by atoms with E-state index < -0.39 is 40.7 Å². The first kappa shape index (κ1) is 18.3. The first-order valence-corrected chi connectivity index (χ1v) is 8.34. The van der Waals surface area contributed by atoms with E-state index in [-0.39, 0.29) is 17.2 Å². The highest BCUT2D eigenvalue weighted by Crippen LogP contribution is 2.38. The van der Waals surface area contributed by atoms with Gasteiger partial charge in [-0.1, -0.05) is 11.6 Å². The molecule has 1 aromatic rings. The summed E-state index contributed by atoms with van der Waals surface area (Å²) in [6, 6.07) is 5.86. The fraction of sp³-hybridized carbons (Fsp3) is 0.250. The van der Waals surface area contributed by atoms with E-state index in [1.165, 1.54) is 31.2 Å². The second-order valence-corrected chi connectivity index (χ2v) is 6.79. The zero-order chi connectivity index (χ0) is 19.2. The lowest BCUT2D eigenvalue weighted by Gasteiger charge is -2.33. The van der Waals surface area contributed by atoms with Gasteiger partial charge < -0.3 is 15.5 Å². The Hall–Kier alpha value is -2.49. The van der Waals surface area contributed by atoms with E-state index in [1.807, 2.05) is 0 Å². The van der Waals surface area contributed by atoms with E-state index in [2.05, 4.69) is 10.6 Å². The number of Topliss-reactive ketones (excluding diaryl/α,β-unsaturated/α-hetero) is 1. The average molecular weight is 396 g/mol. The Morgan fingerprint density at radius 3 is 2.42 bits per heavy atom. The molecule has 2 aliphatic rings. The summed E-state index contributed by atoms with van der Waals surface area (Å²) < 4.78 is 0. The number of benzene rings is 1. The highest BCUT2D eigenvalue weighted by atomic mass is 35.5. The lowest BCUT2D eigenvalue weighted by Crippen LogP contribution is -2.60. The summed E-state index contributed by atoms with van der Waals surface area (Å²) in [5, 5.41) is 25.6. The maximum absolute atomic E-state index is 12.6. The van der Waals surface area contributed by atoms with Crippen molar-refractivity contribution in [3.63, 3.8) is 0 Å². The Morgan fingerprint density at radius 2 is 1.92 bits per heavy atom. The summed E-state index contributed by atoms with van der Waals surface area (Å²) in [7, 11) is 0. The van der Waals surface area contributed by atoms with Crippen LogP contribution in [0.4, 0.5) is 0 Å². The monoisotopic (exact) mass is 395 g/mol. The number of amides is 2. The van der Waals surface area contributed by atoms with Crippen LogP contribution in [0.2, 0.25) is 5.02 Å². The van der Waals surface area contributed by atoms with Crippen LogP contribution >= 0.6 is 23.8 Å². The van der Waals surface area contributed by atoms with Crippen LogP contribution in [0.25, 0.3) is 5.76 Å². The van der Waals surface area contributed by atoms with Gasteiger partial charge in [-0.2, -0.15) is 0 Å². The number of carbonyl (C=O) groups is 3. The predicted molar refractivity (Wildman–Crippen MR) is 96.0 cm³/mol. The summed E-state index contributed by atoms with van der Waals surface area (Å²) in [5.74, 6) is -3.45. The standard InChI is InChI=1S/C16H14ClN3O5S/c1-7(21)6-20-13(24)12(23)10(16(20)14(25)18-15(26)19-16)11(22)8-2-4-9(17)5-3-8/h2-5,7,21-22H,6H2,1H3,(H2,18,19,25,26)/b11-10-. The molecule has 26 heavy (non-hydrogen) atoms. The van der Waals surface area contributed by atoms with Crippen molar-refractivity contribution in [3.8, 4) is 0 Å². The smallest absolute Gasteiger partial charge is 0.297 e. The summed E-state index contributed by atoms with van der Waals surface area (Å²) in [6.45, 7) is 1.09. The molecule has 2 heterocycles. The van der Waals surface area contributed by atoms with E-state index in [1.54, 1.807) is 0 Å². The number of likely N-dealkylation sites (tertiary alicyclic amines) is 1. The van der Waals surface area contributed by atoms with Crippen LogP contribution < -0.4 is 10.6 Å². The van der Waals surface area contributed by atoms with Crippen molar-refractivity contribution in [2.24, 2.45) is 0 Å². The van der Waals surface area contributed by atoms with Gasteiger partial charge >= 0.3 is 0 Å². The Labute approximate surface area is 158 Å². The van der Waals surface area contributed by atoms with Crippen molar-refractivity contribution in [2.45, 2.75) is 18.7 Å². The minimum atomic E-state index is -2.02. The predicted octanol–water partition coefficient (Wildman–Crippen LogP) is 0.102. The van der Waals surface area contributed by atoms with Gasteiger partial charge in [0, 0.05) is 17.1 Å². The molecule has 0 bridgehead atoms. The van der Waals surface area contributed by atoms with Crippen molar-refractivity contribution in [1.82, 2.24) is 15.5 Å². The highest BCUT2D eigenvalue weighted by molar-refractivity contribution is 7.80. The molecule has 2 unspecified atom stereocenters. The third-order valence-corrected chi connectivity index (χ3v) is 4.54. The molecular weight excluding hydrogens is 382 g/mol. The van der Waals surface area contributed by atoms with Gasteiger partial charge in [0.15, 0.2) is 5.11 Å². The number of aliphatic hydroxyl groups excluding tert-OH is 2. The molecule has 2 saturated heterocycles. The molecule has 1 aromatic carbocycles. The number of carbonyl (C=O) groups excluding carboxylic acids is 3. The molecule has 0 saturated carbocycles. The highest BCUT2D eigenvalue weighted by Gasteiger charge is 2.64. The van der Waals surface area contributed by atoms with Crippen LogP contribution in [0.1, 0.15) is 12.5 Å². The molecule has 0 radical (unpaired) electrons. The SMILES string of the molecule is CC(O)CN1C(=O)C(=O)/C(=C(/O)c2ccc(Cl)cc2)C12NC(=S)NC2=O. The maximum Gasteiger partial charge on any atom is 0.297 e. The van der Waals surface area contributed by atoms with Gasteiger partial charge in [0.05, 0.1) is 6.10 Å². The molecule has 3 rings (SSSR count). The van der Waals surface area contributed by atoms with E-state index >= 15 is 0 Å². The molecular formula is C16H14ClN3O5S. The molecule has 2 fully saturated rings. The fourth-order valence-corrected chi connectivity index (χ4v) is 3.37. The zero-order valence-electron chi connectivity index (χ0n) is 13.4. The van der Waals surface area contributed by atoms with Gasteiger partial charge in [-0.15, -0.1) is 0 Å².